The predicted molar refractivity (Wildman–Crippen MR) is 144 cm³/mol. The molecule has 204 valence electrons. The van der Waals surface area contributed by atoms with Crippen LogP contribution in [0.15, 0.2) is 0 Å². The lowest BCUT2D eigenvalue weighted by molar-refractivity contribution is -0.135. The summed E-state index contributed by atoms with van der Waals surface area (Å²) in [6.07, 6.45) is 24.0. The zero-order chi connectivity index (χ0) is 25.1. The van der Waals surface area contributed by atoms with Crippen molar-refractivity contribution in [2.24, 2.45) is 0 Å². The Morgan fingerprint density at radius 3 is 1.59 bits per heavy atom. The van der Waals surface area contributed by atoms with E-state index in [1.807, 2.05) is 0 Å². The van der Waals surface area contributed by atoms with Gasteiger partial charge in [0.05, 0.1) is 6.61 Å². The summed E-state index contributed by atoms with van der Waals surface area (Å²) in [6.45, 7) is 5.79. The van der Waals surface area contributed by atoms with Crippen LogP contribution in [0.5, 0.6) is 0 Å². The van der Waals surface area contributed by atoms with Gasteiger partial charge in [-0.25, -0.2) is 0 Å². The van der Waals surface area contributed by atoms with E-state index >= 15 is 0 Å². The van der Waals surface area contributed by atoms with Crippen molar-refractivity contribution in [3.63, 3.8) is 0 Å². The first-order valence-electron chi connectivity index (χ1n) is 14.8. The number of amides is 1. The van der Waals surface area contributed by atoms with Crippen molar-refractivity contribution < 1.29 is 19.7 Å². The van der Waals surface area contributed by atoms with Crippen LogP contribution in [0.1, 0.15) is 149 Å². The van der Waals surface area contributed by atoms with E-state index in [1.165, 1.54) is 96.3 Å². The van der Waals surface area contributed by atoms with Crippen LogP contribution in [0, 0.1) is 0 Å². The molecule has 0 rings (SSSR count). The van der Waals surface area contributed by atoms with Gasteiger partial charge in [0.25, 0.3) is 0 Å². The van der Waals surface area contributed by atoms with Crippen LogP contribution in [0.3, 0.4) is 0 Å². The van der Waals surface area contributed by atoms with Gasteiger partial charge in [0.2, 0.25) is 5.91 Å². The maximum Gasteiger partial charge on any atom is 0.222 e. The van der Waals surface area contributed by atoms with Gasteiger partial charge in [-0.05, 0) is 12.8 Å². The molecule has 5 heteroatoms. The summed E-state index contributed by atoms with van der Waals surface area (Å²) < 4.78 is 5.54. The summed E-state index contributed by atoms with van der Waals surface area (Å²) in [5.74, 6) is 0.0794. The third-order valence-electron chi connectivity index (χ3n) is 6.67. The number of aliphatic hydroxyl groups is 2. The quantitative estimate of drug-likeness (QED) is 0.0941. The maximum atomic E-state index is 12.5. The lowest BCUT2D eigenvalue weighted by atomic mass is 10.1. The number of hydrogen-bond acceptors (Lipinski definition) is 4. The zero-order valence-corrected chi connectivity index (χ0v) is 22.9. The van der Waals surface area contributed by atoms with Crippen molar-refractivity contribution in [2.75, 3.05) is 26.3 Å². The molecule has 0 bridgehead atoms. The van der Waals surface area contributed by atoms with Gasteiger partial charge in [0, 0.05) is 32.5 Å². The minimum absolute atomic E-state index is 0.0431. The molecule has 5 nitrogen and oxygen atoms in total. The van der Waals surface area contributed by atoms with Gasteiger partial charge < -0.3 is 19.8 Å². The van der Waals surface area contributed by atoms with Crippen molar-refractivity contribution in [3.8, 4) is 0 Å². The summed E-state index contributed by atoms with van der Waals surface area (Å²) in [5.41, 5.74) is 0. The molecule has 34 heavy (non-hydrogen) atoms. The molecule has 0 aliphatic carbocycles. The number of hydrogen-bond donors (Lipinski definition) is 2. The largest absolute Gasteiger partial charge is 0.395 e. The zero-order valence-electron chi connectivity index (χ0n) is 22.9. The molecular formula is C29H59NO4. The summed E-state index contributed by atoms with van der Waals surface area (Å²) >= 11 is 0. The van der Waals surface area contributed by atoms with Crippen LogP contribution in [-0.2, 0) is 9.53 Å². The van der Waals surface area contributed by atoms with E-state index in [1.54, 1.807) is 4.90 Å². The van der Waals surface area contributed by atoms with Crippen LogP contribution >= 0.6 is 0 Å². The third kappa shape index (κ3) is 23.1. The first-order valence-corrected chi connectivity index (χ1v) is 14.8. The van der Waals surface area contributed by atoms with E-state index in [2.05, 4.69) is 13.8 Å². The Morgan fingerprint density at radius 2 is 1.12 bits per heavy atom. The molecular weight excluding hydrogens is 426 g/mol. The summed E-state index contributed by atoms with van der Waals surface area (Å²) in [5, 5.41) is 19.4. The van der Waals surface area contributed by atoms with E-state index in [4.69, 9.17) is 4.74 Å². The summed E-state index contributed by atoms with van der Waals surface area (Å²) in [6, 6.07) is 0. The third-order valence-corrected chi connectivity index (χ3v) is 6.67. The van der Waals surface area contributed by atoms with Crippen molar-refractivity contribution in [3.05, 3.63) is 0 Å². The van der Waals surface area contributed by atoms with Gasteiger partial charge in [-0.3, -0.25) is 4.79 Å². The van der Waals surface area contributed by atoms with Gasteiger partial charge in [-0.15, -0.1) is 0 Å². The van der Waals surface area contributed by atoms with Crippen LogP contribution in [0.2, 0.25) is 0 Å². The highest BCUT2D eigenvalue weighted by Crippen LogP contribution is 2.13. The van der Waals surface area contributed by atoms with Gasteiger partial charge in [0.15, 0.2) is 6.29 Å². The monoisotopic (exact) mass is 485 g/mol. The minimum atomic E-state index is -0.833. The molecule has 0 aliphatic rings. The first kappa shape index (κ1) is 33.4. The Bertz CT molecular complexity index is 419. The predicted octanol–water partition coefficient (Wildman–Crippen LogP) is 7.37. The molecule has 1 amide bonds. The first-order chi connectivity index (χ1) is 16.7. The average Bonchev–Trinajstić information content (AvgIpc) is 2.83. The standard InChI is InChI=1S/C29H59NO4/c1-3-5-7-9-11-12-13-14-15-17-19-21-27-34-29(33)23-24-30(25-26-31)28(32)22-20-18-16-10-8-6-4-2/h29,31,33H,3-27H2,1-2H3. The highest BCUT2D eigenvalue weighted by molar-refractivity contribution is 5.76. The molecule has 0 aliphatic heterocycles. The Kier molecular flexibility index (Phi) is 26.4. The Morgan fingerprint density at radius 1 is 0.676 bits per heavy atom. The van der Waals surface area contributed by atoms with E-state index in [0.717, 1.165) is 25.7 Å². The topological polar surface area (TPSA) is 70.0 Å². The van der Waals surface area contributed by atoms with Crippen LogP contribution in [0.4, 0.5) is 0 Å². The molecule has 1 atom stereocenters. The number of carbonyl (C=O) groups is 1. The normalized spacial score (nSPS) is 12.2. The molecule has 0 aromatic carbocycles. The Labute approximate surface area is 212 Å². The molecule has 2 N–H and O–H groups in total. The van der Waals surface area contributed by atoms with Crippen molar-refractivity contribution >= 4 is 5.91 Å². The Hall–Kier alpha value is -0.650. The number of carbonyl (C=O) groups excluding carboxylic acids is 1. The fourth-order valence-corrected chi connectivity index (χ4v) is 4.39. The average molecular weight is 486 g/mol. The highest BCUT2D eigenvalue weighted by Gasteiger charge is 2.15. The molecule has 0 saturated heterocycles. The highest BCUT2D eigenvalue weighted by atomic mass is 16.6. The second-order valence-corrected chi connectivity index (χ2v) is 9.98. The molecule has 0 saturated carbocycles. The fraction of sp³-hybridized carbons (Fsp3) is 0.966. The lowest BCUT2D eigenvalue weighted by Crippen LogP contribution is -2.36. The number of rotatable bonds is 27. The number of ether oxygens (including phenoxy) is 1. The SMILES string of the molecule is CCCCCCCCCCCCCCOC(O)CCN(CCO)C(=O)CCCCCCCCC. The van der Waals surface area contributed by atoms with Crippen LogP contribution < -0.4 is 0 Å². The summed E-state index contributed by atoms with van der Waals surface area (Å²) in [4.78, 5) is 14.1. The number of aliphatic hydroxyl groups excluding tert-OH is 2. The van der Waals surface area contributed by atoms with Gasteiger partial charge in [-0.2, -0.15) is 0 Å². The molecule has 0 spiro atoms. The van der Waals surface area contributed by atoms with Crippen LogP contribution in [0.25, 0.3) is 0 Å². The molecule has 0 aromatic rings. The second-order valence-electron chi connectivity index (χ2n) is 9.98. The molecule has 0 heterocycles. The minimum Gasteiger partial charge on any atom is -0.395 e. The smallest absolute Gasteiger partial charge is 0.222 e. The number of unbranched alkanes of at least 4 members (excludes halogenated alkanes) is 17. The fourth-order valence-electron chi connectivity index (χ4n) is 4.39. The van der Waals surface area contributed by atoms with E-state index in [0.29, 0.717) is 32.5 Å². The van der Waals surface area contributed by atoms with Crippen LogP contribution in [-0.4, -0.2) is 53.6 Å². The second kappa shape index (κ2) is 26.9. The van der Waals surface area contributed by atoms with E-state index in [-0.39, 0.29) is 12.5 Å². The van der Waals surface area contributed by atoms with Gasteiger partial charge in [0.1, 0.15) is 0 Å². The molecule has 1 unspecified atom stereocenters. The van der Waals surface area contributed by atoms with Crippen molar-refractivity contribution in [1.29, 1.82) is 0 Å². The molecule has 0 radical (unpaired) electrons. The summed E-state index contributed by atoms with van der Waals surface area (Å²) in [7, 11) is 0. The van der Waals surface area contributed by atoms with Gasteiger partial charge >= 0.3 is 0 Å². The number of nitrogens with zero attached hydrogens (tertiary/aromatic N) is 1. The van der Waals surface area contributed by atoms with E-state index < -0.39 is 6.29 Å². The van der Waals surface area contributed by atoms with Crippen molar-refractivity contribution in [1.82, 2.24) is 4.90 Å². The molecule has 0 aromatic heterocycles. The van der Waals surface area contributed by atoms with Gasteiger partial charge in [-0.1, -0.05) is 123 Å². The Balaban J connectivity index is 3.66. The van der Waals surface area contributed by atoms with E-state index in [9.17, 15) is 15.0 Å². The maximum absolute atomic E-state index is 12.5. The van der Waals surface area contributed by atoms with Crippen molar-refractivity contribution in [2.45, 2.75) is 155 Å². The lowest BCUT2D eigenvalue weighted by Gasteiger charge is -2.23. The molecule has 0 fully saturated rings.